The summed E-state index contributed by atoms with van der Waals surface area (Å²) >= 11 is 0. The molecule has 1 heterocycles. The van der Waals surface area contributed by atoms with Crippen molar-refractivity contribution in [1.82, 2.24) is 15.5 Å². The Morgan fingerprint density at radius 1 is 1.10 bits per heavy atom. The number of nitrogens with zero attached hydrogens (tertiary/aromatic N) is 1. The van der Waals surface area contributed by atoms with Crippen molar-refractivity contribution in [3.05, 3.63) is 0 Å². The van der Waals surface area contributed by atoms with E-state index in [0.717, 1.165) is 0 Å². The fourth-order valence-electron chi connectivity index (χ4n) is 3.36. The highest BCUT2D eigenvalue weighted by Gasteiger charge is 2.40. The molecule has 0 aromatic carbocycles. The van der Waals surface area contributed by atoms with Crippen molar-refractivity contribution in [3.63, 3.8) is 0 Å². The van der Waals surface area contributed by atoms with Crippen LogP contribution in [0.5, 0.6) is 0 Å². The average Bonchev–Trinajstić information content (AvgIpc) is 3.19. The minimum absolute atomic E-state index is 0.125. The fourth-order valence-corrected chi connectivity index (χ4v) is 3.36. The van der Waals surface area contributed by atoms with E-state index in [1.54, 1.807) is 13.8 Å². The van der Waals surface area contributed by atoms with Crippen molar-refractivity contribution >= 4 is 29.7 Å². The molecule has 0 aromatic rings. The van der Waals surface area contributed by atoms with E-state index in [4.69, 9.17) is 15.9 Å². The van der Waals surface area contributed by atoms with Gasteiger partial charge in [-0.3, -0.25) is 19.2 Å². The van der Waals surface area contributed by atoms with Gasteiger partial charge in [0.15, 0.2) is 0 Å². The van der Waals surface area contributed by atoms with Crippen LogP contribution in [0.25, 0.3) is 0 Å². The van der Waals surface area contributed by atoms with Crippen LogP contribution < -0.4 is 16.4 Å². The third kappa shape index (κ3) is 7.20. The van der Waals surface area contributed by atoms with E-state index in [1.165, 1.54) is 4.90 Å². The quantitative estimate of drug-likeness (QED) is 0.285. The molecule has 0 aromatic heterocycles. The van der Waals surface area contributed by atoms with Gasteiger partial charge >= 0.3 is 11.9 Å². The maximum atomic E-state index is 13.3. The highest BCUT2D eigenvalue weighted by Crippen LogP contribution is 2.22. The number of aliphatic carboxylic acids is 2. The molecule has 0 bridgehead atoms. The normalized spacial score (nSPS) is 19.9. The molecule has 1 aliphatic heterocycles. The molecule has 176 valence electrons. The van der Waals surface area contributed by atoms with Gasteiger partial charge in [0.05, 0.1) is 12.5 Å². The maximum Gasteiger partial charge on any atom is 0.326 e. The molecule has 6 N–H and O–H groups in total. The third-order valence-electron chi connectivity index (χ3n) is 5.63. The highest BCUT2D eigenvalue weighted by molar-refractivity contribution is 5.95. The van der Waals surface area contributed by atoms with Gasteiger partial charge in [-0.2, -0.15) is 0 Å². The van der Waals surface area contributed by atoms with Gasteiger partial charge < -0.3 is 31.5 Å². The summed E-state index contributed by atoms with van der Waals surface area (Å²) in [7, 11) is 0. The lowest BCUT2D eigenvalue weighted by atomic mass is 9.96. The number of hydrogen-bond acceptors (Lipinski definition) is 6. The molecule has 1 saturated heterocycles. The number of amides is 3. The Balaban J connectivity index is 3.00. The zero-order chi connectivity index (χ0) is 23.9. The molecule has 1 fully saturated rings. The Morgan fingerprint density at radius 2 is 1.71 bits per heavy atom. The molecule has 1 rings (SSSR count). The second-order valence-corrected chi connectivity index (χ2v) is 8.33. The third-order valence-corrected chi connectivity index (χ3v) is 5.63. The number of nitrogens with two attached hydrogens (primary N) is 1. The lowest BCUT2D eigenvalue weighted by Crippen LogP contribution is -2.59. The van der Waals surface area contributed by atoms with Crippen LogP contribution in [0.4, 0.5) is 0 Å². The van der Waals surface area contributed by atoms with E-state index in [2.05, 4.69) is 10.6 Å². The molecule has 0 spiro atoms. The van der Waals surface area contributed by atoms with Crippen LogP contribution in [-0.2, 0) is 24.0 Å². The van der Waals surface area contributed by atoms with Crippen LogP contribution in [0.3, 0.4) is 0 Å². The molecule has 1 aliphatic rings. The van der Waals surface area contributed by atoms with E-state index >= 15 is 0 Å². The van der Waals surface area contributed by atoms with Gasteiger partial charge in [0, 0.05) is 6.54 Å². The van der Waals surface area contributed by atoms with Gasteiger partial charge in [0.2, 0.25) is 17.7 Å². The van der Waals surface area contributed by atoms with Crippen molar-refractivity contribution in [2.24, 2.45) is 17.6 Å². The van der Waals surface area contributed by atoms with E-state index in [1.807, 2.05) is 13.8 Å². The molecule has 5 unspecified atom stereocenters. The highest BCUT2D eigenvalue weighted by atomic mass is 16.4. The number of rotatable bonds is 11. The van der Waals surface area contributed by atoms with Crippen molar-refractivity contribution in [2.45, 2.75) is 77.5 Å². The van der Waals surface area contributed by atoms with Gasteiger partial charge in [-0.15, -0.1) is 0 Å². The lowest BCUT2D eigenvalue weighted by molar-refractivity contribution is -0.148. The van der Waals surface area contributed by atoms with Gasteiger partial charge in [0.1, 0.15) is 18.1 Å². The standard InChI is InChI=1S/C20H34N4O7/c1-5-11(4)16(23-18(28)15(21)10(2)3)19(29)24-8-6-7-13(24)17(27)22-12(20(30)31)9-14(25)26/h10-13,15-16H,5-9,21H2,1-4H3,(H,22,27)(H,23,28)(H,25,26)(H,30,31). The molecular formula is C20H34N4O7. The van der Waals surface area contributed by atoms with E-state index in [-0.39, 0.29) is 18.4 Å². The topological polar surface area (TPSA) is 179 Å². The lowest BCUT2D eigenvalue weighted by Gasteiger charge is -2.32. The first-order valence-corrected chi connectivity index (χ1v) is 10.5. The van der Waals surface area contributed by atoms with Gasteiger partial charge in [0.25, 0.3) is 0 Å². The first kappa shape index (κ1) is 26.3. The van der Waals surface area contributed by atoms with E-state index in [0.29, 0.717) is 19.3 Å². The summed E-state index contributed by atoms with van der Waals surface area (Å²) in [5, 5.41) is 22.9. The van der Waals surface area contributed by atoms with Crippen LogP contribution >= 0.6 is 0 Å². The summed E-state index contributed by atoms with van der Waals surface area (Å²) in [5.74, 6) is -4.82. The SMILES string of the molecule is CCC(C)C(NC(=O)C(N)C(C)C)C(=O)N1CCCC1C(=O)NC(CC(=O)O)C(=O)O. The number of nitrogens with one attached hydrogen (secondary N) is 2. The number of carbonyl (C=O) groups excluding carboxylic acids is 3. The van der Waals surface area contributed by atoms with Crippen LogP contribution in [-0.4, -0.2) is 75.5 Å². The first-order chi connectivity index (χ1) is 14.4. The summed E-state index contributed by atoms with van der Waals surface area (Å²) in [6.07, 6.45) is 0.648. The minimum atomic E-state index is -1.60. The second-order valence-electron chi connectivity index (χ2n) is 8.33. The molecule has 11 heteroatoms. The van der Waals surface area contributed by atoms with Gasteiger partial charge in [-0.1, -0.05) is 34.1 Å². The largest absolute Gasteiger partial charge is 0.481 e. The molecule has 0 aliphatic carbocycles. The van der Waals surface area contributed by atoms with Crippen LogP contribution in [0, 0.1) is 11.8 Å². The Hall–Kier alpha value is -2.69. The van der Waals surface area contributed by atoms with Crippen LogP contribution in [0.15, 0.2) is 0 Å². The van der Waals surface area contributed by atoms with Gasteiger partial charge in [-0.25, -0.2) is 4.79 Å². The molecule has 3 amide bonds. The molecule has 0 radical (unpaired) electrons. The maximum absolute atomic E-state index is 13.3. The van der Waals surface area contributed by atoms with E-state index in [9.17, 15) is 24.0 Å². The van der Waals surface area contributed by atoms with Gasteiger partial charge in [-0.05, 0) is 24.7 Å². The van der Waals surface area contributed by atoms with Crippen molar-refractivity contribution in [1.29, 1.82) is 0 Å². The second kappa shape index (κ2) is 11.6. The van der Waals surface area contributed by atoms with Crippen LogP contribution in [0.2, 0.25) is 0 Å². The minimum Gasteiger partial charge on any atom is -0.481 e. The molecule has 0 saturated carbocycles. The zero-order valence-corrected chi connectivity index (χ0v) is 18.5. The summed E-state index contributed by atoms with van der Waals surface area (Å²) in [6, 6.07) is -4.21. The van der Waals surface area contributed by atoms with Crippen molar-refractivity contribution < 1.29 is 34.2 Å². The number of likely N-dealkylation sites (tertiary alicyclic amines) is 1. The fraction of sp³-hybridized carbons (Fsp3) is 0.750. The Labute approximate surface area is 181 Å². The monoisotopic (exact) mass is 442 g/mol. The summed E-state index contributed by atoms with van der Waals surface area (Å²) in [6.45, 7) is 7.54. The van der Waals surface area contributed by atoms with Crippen molar-refractivity contribution in [3.8, 4) is 0 Å². The molecule has 5 atom stereocenters. The Morgan fingerprint density at radius 3 is 2.19 bits per heavy atom. The summed E-state index contributed by atoms with van der Waals surface area (Å²) < 4.78 is 0. The first-order valence-electron chi connectivity index (χ1n) is 10.5. The van der Waals surface area contributed by atoms with Crippen LogP contribution in [0.1, 0.15) is 53.4 Å². The Bertz CT molecular complexity index is 697. The molecular weight excluding hydrogens is 408 g/mol. The predicted molar refractivity (Wildman–Crippen MR) is 111 cm³/mol. The summed E-state index contributed by atoms with van der Waals surface area (Å²) in [5.41, 5.74) is 5.90. The number of carbonyl (C=O) groups is 5. The number of carboxylic acid groups (broad SMARTS) is 2. The average molecular weight is 443 g/mol. The number of hydrogen-bond donors (Lipinski definition) is 5. The molecule has 31 heavy (non-hydrogen) atoms. The Kier molecular flexibility index (Phi) is 9.89. The predicted octanol–water partition coefficient (Wildman–Crippen LogP) is -0.464. The smallest absolute Gasteiger partial charge is 0.326 e. The molecule has 11 nitrogen and oxygen atoms in total. The number of carboxylic acids is 2. The summed E-state index contributed by atoms with van der Waals surface area (Å²) in [4.78, 5) is 61.9. The zero-order valence-electron chi connectivity index (χ0n) is 18.5. The van der Waals surface area contributed by atoms with Crippen molar-refractivity contribution in [2.75, 3.05) is 6.54 Å². The van der Waals surface area contributed by atoms with E-state index < -0.39 is 60.2 Å².